The van der Waals surface area contributed by atoms with Crippen molar-refractivity contribution in [3.05, 3.63) is 0 Å². The van der Waals surface area contributed by atoms with Crippen LogP contribution in [0.25, 0.3) is 0 Å². The topological polar surface area (TPSA) is 86.7 Å². The second kappa shape index (κ2) is 6.49. The minimum absolute atomic E-state index is 0.0651. The lowest BCUT2D eigenvalue weighted by Crippen LogP contribution is -2.45. The minimum Gasteiger partial charge on any atom is -0.394 e. The molecule has 0 saturated carbocycles. The van der Waals surface area contributed by atoms with Gasteiger partial charge in [0, 0.05) is 19.0 Å². The fourth-order valence-corrected chi connectivity index (χ4v) is 2.92. The Morgan fingerprint density at radius 3 is 2.39 bits per heavy atom. The number of hydrogen-bond acceptors (Lipinski definition) is 4. The molecule has 1 aliphatic heterocycles. The number of rotatable bonds is 5. The third-order valence-electron chi connectivity index (χ3n) is 3.35. The largest absolute Gasteiger partial charge is 0.394 e. The molecule has 18 heavy (non-hydrogen) atoms. The van der Waals surface area contributed by atoms with Gasteiger partial charge in [-0.25, -0.2) is 12.7 Å². The molecule has 0 radical (unpaired) electrons. The number of sulfonamides is 1. The Morgan fingerprint density at radius 2 is 2.00 bits per heavy atom. The molecule has 6 nitrogen and oxygen atoms in total. The molecule has 2 N–H and O–H groups in total. The molecular formula is C11H22N2O4S. The van der Waals surface area contributed by atoms with E-state index in [1.807, 2.05) is 6.92 Å². The van der Waals surface area contributed by atoms with Gasteiger partial charge in [0.25, 0.3) is 0 Å². The van der Waals surface area contributed by atoms with Crippen LogP contribution in [0.1, 0.15) is 26.2 Å². The van der Waals surface area contributed by atoms with E-state index in [0.717, 1.165) is 0 Å². The van der Waals surface area contributed by atoms with Gasteiger partial charge in [-0.2, -0.15) is 0 Å². The molecule has 7 heteroatoms. The molecule has 0 spiro atoms. The van der Waals surface area contributed by atoms with E-state index in [9.17, 15) is 13.2 Å². The Kier molecular flexibility index (Phi) is 5.55. The number of aliphatic hydroxyl groups is 1. The summed E-state index contributed by atoms with van der Waals surface area (Å²) in [5, 5.41) is 11.8. The summed E-state index contributed by atoms with van der Waals surface area (Å²) in [6.45, 7) is 2.62. The van der Waals surface area contributed by atoms with Crippen LogP contribution in [0.3, 0.4) is 0 Å². The van der Waals surface area contributed by atoms with Crippen LogP contribution in [-0.4, -0.2) is 55.7 Å². The van der Waals surface area contributed by atoms with Gasteiger partial charge in [0.05, 0.1) is 18.9 Å². The zero-order valence-corrected chi connectivity index (χ0v) is 11.7. The maximum atomic E-state index is 11.9. The van der Waals surface area contributed by atoms with Crippen molar-refractivity contribution in [2.24, 2.45) is 5.92 Å². The predicted octanol–water partition coefficient (Wildman–Crippen LogP) is -0.455. The molecule has 0 aromatic carbocycles. The molecule has 1 amide bonds. The molecule has 0 aromatic heterocycles. The average molecular weight is 278 g/mol. The molecule has 0 unspecified atom stereocenters. The van der Waals surface area contributed by atoms with Crippen LogP contribution >= 0.6 is 0 Å². The van der Waals surface area contributed by atoms with Crippen molar-refractivity contribution < 1.29 is 18.3 Å². The Bertz CT molecular complexity index is 371. The molecule has 1 fully saturated rings. The maximum absolute atomic E-state index is 11.9. The van der Waals surface area contributed by atoms with Gasteiger partial charge in [0.1, 0.15) is 0 Å². The molecule has 0 bridgehead atoms. The van der Waals surface area contributed by atoms with Gasteiger partial charge in [-0.15, -0.1) is 0 Å². The first-order valence-corrected chi connectivity index (χ1v) is 8.09. The van der Waals surface area contributed by atoms with Gasteiger partial charge in [-0.3, -0.25) is 4.79 Å². The first-order valence-electron chi connectivity index (χ1n) is 6.24. The van der Waals surface area contributed by atoms with Crippen molar-refractivity contribution in [1.29, 1.82) is 0 Å². The number of aliphatic hydroxyl groups excluding tert-OH is 1. The molecule has 0 aliphatic carbocycles. The molecule has 1 atom stereocenters. The highest BCUT2D eigenvalue weighted by atomic mass is 32.2. The van der Waals surface area contributed by atoms with Gasteiger partial charge < -0.3 is 10.4 Å². The molecule has 1 saturated heterocycles. The summed E-state index contributed by atoms with van der Waals surface area (Å²) in [5.74, 6) is -0.229. The maximum Gasteiger partial charge on any atom is 0.223 e. The summed E-state index contributed by atoms with van der Waals surface area (Å²) in [4.78, 5) is 11.9. The van der Waals surface area contributed by atoms with Gasteiger partial charge in [-0.05, 0) is 19.3 Å². The number of piperidine rings is 1. The second-order valence-electron chi connectivity index (χ2n) is 4.73. The highest BCUT2D eigenvalue weighted by Crippen LogP contribution is 2.19. The number of carbonyl (C=O) groups is 1. The fourth-order valence-electron chi connectivity index (χ4n) is 2.05. The summed E-state index contributed by atoms with van der Waals surface area (Å²) < 4.78 is 24.1. The Labute approximate surface area is 108 Å². The van der Waals surface area contributed by atoms with E-state index in [2.05, 4.69) is 5.32 Å². The number of nitrogens with zero attached hydrogens (tertiary/aromatic N) is 1. The van der Waals surface area contributed by atoms with Crippen molar-refractivity contribution >= 4 is 15.9 Å². The van der Waals surface area contributed by atoms with Crippen LogP contribution < -0.4 is 5.32 Å². The highest BCUT2D eigenvalue weighted by molar-refractivity contribution is 7.88. The Morgan fingerprint density at radius 1 is 1.44 bits per heavy atom. The van der Waals surface area contributed by atoms with Crippen LogP contribution in [0.5, 0.6) is 0 Å². The summed E-state index contributed by atoms with van der Waals surface area (Å²) in [6.07, 6.45) is 2.96. The summed E-state index contributed by atoms with van der Waals surface area (Å²) >= 11 is 0. The third-order valence-corrected chi connectivity index (χ3v) is 4.66. The van der Waals surface area contributed by atoms with Crippen molar-refractivity contribution in [2.75, 3.05) is 26.0 Å². The molecule has 1 aliphatic rings. The van der Waals surface area contributed by atoms with Crippen LogP contribution in [0.15, 0.2) is 0 Å². The van der Waals surface area contributed by atoms with Gasteiger partial charge >= 0.3 is 0 Å². The zero-order chi connectivity index (χ0) is 13.8. The minimum atomic E-state index is -3.15. The fraction of sp³-hybridized carbons (Fsp3) is 0.909. The molecule has 1 rings (SSSR count). The first kappa shape index (κ1) is 15.4. The standard InChI is InChI=1S/C11H22N2O4S/c1-3-10(8-14)12-11(15)9-4-6-13(7-5-9)18(2,16)17/h9-10,14H,3-8H2,1-2H3,(H,12,15)/t10-/m1/s1. The van der Waals surface area contributed by atoms with Crippen LogP contribution in [0.2, 0.25) is 0 Å². The molecular weight excluding hydrogens is 256 g/mol. The number of carbonyl (C=O) groups excluding carboxylic acids is 1. The summed E-state index contributed by atoms with van der Waals surface area (Å²) in [7, 11) is -3.15. The van der Waals surface area contributed by atoms with Crippen LogP contribution in [0.4, 0.5) is 0 Å². The van der Waals surface area contributed by atoms with Gasteiger partial charge in [-0.1, -0.05) is 6.92 Å². The van der Waals surface area contributed by atoms with E-state index < -0.39 is 10.0 Å². The van der Waals surface area contributed by atoms with Crippen molar-refractivity contribution in [3.63, 3.8) is 0 Å². The number of amides is 1. The van der Waals surface area contributed by atoms with E-state index in [1.165, 1.54) is 10.6 Å². The second-order valence-corrected chi connectivity index (χ2v) is 6.72. The quantitative estimate of drug-likeness (QED) is 0.713. The van der Waals surface area contributed by atoms with Crippen LogP contribution in [-0.2, 0) is 14.8 Å². The first-order chi connectivity index (χ1) is 8.38. The Hall–Kier alpha value is -0.660. The van der Waals surface area contributed by atoms with Crippen molar-refractivity contribution in [3.8, 4) is 0 Å². The predicted molar refractivity (Wildman–Crippen MR) is 68.4 cm³/mol. The highest BCUT2D eigenvalue weighted by Gasteiger charge is 2.29. The van der Waals surface area contributed by atoms with E-state index in [1.54, 1.807) is 0 Å². The van der Waals surface area contributed by atoms with Crippen molar-refractivity contribution in [1.82, 2.24) is 9.62 Å². The van der Waals surface area contributed by atoms with Gasteiger partial charge in [0.15, 0.2) is 0 Å². The summed E-state index contributed by atoms with van der Waals surface area (Å²) in [6, 6.07) is -0.203. The third kappa shape index (κ3) is 4.22. The zero-order valence-electron chi connectivity index (χ0n) is 10.9. The smallest absolute Gasteiger partial charge is 0.223 e. The molecule has 106 valence electrons. The van der Waals surface area contributed by atoms with Crippen LogP contribution in [0, 0.1) is 5.92 Å². The molecule has 1 heterocycles. The van der Waals surface area contributed by atoms with E-state index in [4.69, 9.17) is 5.11 Å². The average Bonchev–Trinajstić information content (AvgIpc) is 2.34. The lowest BCUT2D eigenvalue weighted by atomic mass is 9.97. The van der Waals surface area contributed by atoms with Crippen molar-refractivity contribution in [2.45, 2.75) is 32.2 Å². The molecule has 0 aromatic rings. The lowest BCUT2D eigenvalue weighted by Gasteiger charge is -2.30. The lowest BCUT2D eigenvalue weighted by molar-refractivity contribution is -0.127. The SMILES string of the molecule is CC[C@H](CO)NC(=O)C1CCN(S(C)(=O)=O)CC1. The number of hydrogen-bond donors (Lipinski definition) is 2. The monoisotopic (exact) mass is 278 g/mol. The van der Waals surface area contributed by atoms with E-state index >= 15 is 0 Å². The number of nitrogens with one attached hydrogen (secondary N) is 1. The normalized spacial score (nSPS) is 20.6. The van der Waals surface area contributed by atoms with E-state index in [0.29, 0.717) is 32.4 Å². The Balaban J connectivity index is 2.45. The van der Waals surface area contributed by atoms with Gasteiger partial charge in [0.2, 0.25) is 15.9 Å². The summed E-state index contributed by atoms with van der Waals surface area (Å²) in [5.41, 5.74) is 0. The van der Waals surface area contributed by atoms with E-state index in [-0.39, 0.29) is 24.5 Å².